The van der Waals surface area contributed by atoms with E-state index in [0.29, 0.717) is 6.42 Å². The summed E-state index contributed by atoms with van der Waals surface area (Å²) in [6.45, 7) is 1.55. The van der Waals surface area contributed by atoms with Crippen molar-refractivity contribution in [2.24, 2.45) is 4.99 Å². The fraction of sp³-hybridized carbons (Fsp3) is 0.778. The van der Waals surface area contributed by atoms with Crippen LogP contribution in [0.5, 0.6) is 0 Å². The van der Waals surface area contributed by atoms with Crippen molar-refractivity contribution in [3.63, 3.8) is 0 Å². The van der Waals surface area contributed by atoms with Gasteiger partial charge in [0.25, 0.3) is 0 Å². The normalized spacial score (nSPS) is 15.4. The van der Waals surface area contributed by atoms with Gasteiger partial charge in [0, 0.05) is 25.9 Å². The maximum Gasteiger partial charge on any atom is 0.225 e. The maximum absolute atomic E-state index is 11.3. The van der Waals surface area contributed by atoms with Gasteiger partial charge in [-0.2, -0.15) is 0 Å². The van der Waals surface area contributed by atoms with Crippen molar-refractivity contribution in [1.82, 2.24) is 5.32 Å². The van der Waals surface area contributed by atoms with E-state index in [0.717, 1.165) is 36.9 Å². The lowest BCUT2D eigenvalue weighted by atomic mass is 10.2. The van der Waals surface area contributed by atoms with Crippen molar-refractivity contribution in [2.45, 2.75) is 19.3 Å². The van der Waals surface area contributed by atoms with E-state index in [2.05, 4.69) is 10.3 Å². The highest BCUT2D eigenvalue weighted by Gasteiger charge is 2.09. The zero-order valence-electron chi connectivity index (χ0n) is 8.41. The molecule has 0 saturated heterocycles. The Morgan fingerprint density at radius 2 is 2.50 bits per heavy atom. The van der Waals surface area contributed by atoms with Gasteiger partial charge in [-0.15, -0.1) is 0 Å². The van der Waals surface area contributed by atoms with E-state index >= 15 is 0 Å². The lowest BCUT2D eigenvalue weighted by Crippen LogP contribution is -2.26. The predicted molar refractivity (Wildman–Crippen MR) is 58.6 cm³/mol. The van der Waals surface area contributed by atoms with Crippen LogP contribution >= 0.6 is 11.8 Å². The molecule has 0 aliphatic carbocycles. The van der Waals surface area contributed by atoms with Crippen LogP contribution in [-0.2, 0) is 9.53 Å². The van der Waals surface area contributed by atoms with E-state index in [4.69, 9.17) is 4.74 Å². The molecule has 5 heteroatoms. The molecule has 0 aromatic carbocycles. The molecule has 0 atom stereocenters. The van der Waals surface area contributed by atoms with Crippen molar-refractivity contribution >= 4 is 22.8 Å². The minimum atomic E-state index is 0.0641. The minimum Gasteiger partial charge on any atom is -0.385 e. The number of hydrogen-bond acceptors (Lipinski definition) is 4. The van der Waals surface area contributed by atoms with E-state index < -0.39 is 0 Å². The van der Waals surface area contributed by atoms with Crippen molar-refractivity contribution < 1.29 is 9.53 Å². The average molecular weight is 216 g/mol. The van der Waals surface area contributed by atoms with E-state index in [1.165, 1.54) is 0 Å². The van der Waals surface area contributed by atoms with E-state index in [9.17, 15) is 4.79 Å². The molecule has 14 heavy (non-hydrogen) atoms. The first-order valence-electron chi connectivity index (χ1n) is 4.79. The van der Waals surface area contributed by atoms with Gasteiger partial charge in [-0.25, -0.2) is 0 Å². The molecule has 4 nitrogen and oxygen atoms in total. The van der Waals surface area contributed by atoms with Crippen LogP contribution in [0.4, 0.5) is 0 Å². The summed E-state index contributed by atoms with van der Waals surface area (Å²) >= 11 is 1.61. The number of amides is 1. The third kappa shape index (κ3) is 4.62. The summed E-state index contributed by atoms with van der Waals surface area (Å²) in [7, 11) is 1.67. The molecule has 1 rings (SSSR count). The number of ether oxygens (including phenoxy) is 1. The first-order chi connectivity index (χ1) is 6.83. The Labute approximate surface area is 88.5 Å². The Morgan fingerprint density at radius 3 is 3.14 bits per heavy atom. The van der Waals surface area contributed by atoms with Gasteiger partial charge in [0.1, 0.15) is 0 Å². The zero-order chi connectivity index (χ0) is 10.2. The van der Waals surface area contributed by atoms with Crippen LogP contribution in [-0.4, -0.2) is 37.1 Å². The number of thioether (sulfide) groups is 1. The SMILES string of the molecule is COCCCCC(=O)NC1=NCCS1. The number of methoxy groups -OCH3 is 1. The highest BCUT2D eigenvalue weighted by molar-refractivity contribution is 8.14. The largest absolute Gasteiger partial charge is 0.385 e. The molecule has 0 unspecified atom stereocenters. The number of aliphatic imine (C=N–C) groups is 1. The Hall–Kier alpha value is -0.550. The third-order valence-electron chi connectivity index (χ3n) is 1.83. The number of amidine groups is 1. The highest BCUT2D eigenvalue weighted by atomic mass is 32.2. The van der Waals surface area contributed by atoms with Crippen LogP contribution in [0.1, 0.15) is 19.3 Å². The minimum absolute atomic E-state index is 0.0641. The molecule has 0 radical (unpaired) electrons. The molecule has 0 aromatic rings. The van der Waals surface area contributed by atoms with Gasteiger partial charge in [-0.05, 0) is 12.8 Å². The zero-order valence-corrected chi connectivity index (χ0v) is 9.23. The number of carbonyl (C=O) groups excluding carboxylic acids is 1. The van der Waals surface area contributed by atoms with Gasteiger partial charge in [0.05, 0.1) is 6.54 Å². The topological polar surface area (TPSA) is 50.7 Å². The molecule has 0 spiro atoms. The van der Waals surface area contributed by atoms with Gasteiger partial charge < -0.3 is 10.1 Å². The summed E-state index contributed by atoms with van der Waals surface area (Å²) in [6, 6.07) is 0. The standard InChI is InChI=1S/C9H16N2O2S/c1-13-6-3-2-4-8(12)11-9-10-5-7-14-9/h2-7H2,1H3,(H,10,11,12). The molecule has 0 bridgehead atoms. The van der Waals surface area contributed by atoms with Crippen LogP contribution in [0, 0.1) is 0 Å². The molecule has 1 heterocycles. The van der Waals surface area contributed by atoms with Crippen molar-refractivity contribution in [2.75, 3.05) is 26.0 Å². The number of nitrogens with one attached hydrogen (secondary N) is 1. The second kappa shape index (κ2) is 6.84. The maximum atomic E-state index is 11.3. The predicted octanol–water partition coefficient (Wildman–Crippen LogP) is 1.02. The average Bonchev–Trinajstić information content (AvgIpc) is 2.65. The molecule has 1 aliphatic heterocycles. The fourth-order valence-electron chi connectivity index (χ4n) is 1.12. The monoisotopic (exact) mass is 216 g/mol. The third-order valence-corrected chi connectivity index (χ3v) is 2.73. The smallest absolute Gasteiger partial charge is 0.225 e. The van der Waals surface area contributed by atoms with Gasteiger partial charge in [0.15, 0.2) is 5.17 Å². The molecule has 1 amide bonds. The van der Waals surface area contributed by atoms with Crippen LogP contribution in [0.3, 0.4) is 0 Å². The fourth-order valence-corrected chi connectivity index (χ4v) is 1.87. The van der Waals surface area contributed by atoms with Gasteiger partial charge in [0.2, 0.25) is 5.91 Å². The Balaban J connectivity index is 2.04. The Kier molecular flexibility index (Phi) is 5.63. The lowest BCUT2D eigenvalue weighted by molar-refractivity contribution is -0.119. The second-order valence-electron chi connectivity index (χ2n) is 3.03. The summed E-state index contributed by atoms with van der Waals surface area (Å²) in [5, 5.41) is 3.57. The molecule has 80 valence electrons. The summed E-state index contributed by atoms with van der Waals surface area (Å²) in [4.78, 5) is 15.5. The number of nitrogens with zero attached hydrogens (tertiary/aromatic N) is 1. The van der Waals surface area contributed by atoms with Crippen LogP contribution in [0.15, 0.2) is 4.99 Å². The summed E-state index contributed by atoms with van der Waals surface area (Å²) in [6.07, 6.45) is 2.37. The van der Waals surface area contributed by atoms with Crippen molar-refractivity contribution in [1.29, 1.82) is 0 Å². The summed E-state index contributed by atoms with van der Waals surface area (Å²) in [5.74, 6) is 1.05. The first kappa shape index (κ1) is 11.5. The van der Waals surface area contributed by atoms with Crippen LogP contribution in [0.2, 0.25) is 0 Å². The van der Waals surface area contributed by atoms with Crippen LogP contribution < -0.4 is 5.32 Å². The molecular weight excluding hydrogens is 200 g/mol. The van der Waals surface area contributed by atoms with Crippen molar-refractivity contribution in [3.8, 4) is 0 Å². The summed E-state index contributed by atoms with van der Waals surface area (Å²) in [5.41, 5.74) is 0. The van der Waals surface area contributed by atoms with Gasteiger partial charge >= 0.3 is 0 Å². The molecule has 1 N–H and O–H groups in total. The number of unbranched alkanes of at least 4 members (excludes halogenated alkanes) is 1. The second-order valence-corrected chi connectivity index (χ2v) is 4.12. The van der Waals surface area contributed by atoms with E-state index in [1.807, 2.05) is 0 Å². The Morgan fingerprint density at radius 1 is 1.64 bits per heavy atom. The number of rotatable bonds is 5. The van der Waals surface area contributed by atoms with E-state index in [1.54, 1.807) is 18.9 Å². The van der Waals surface area contributed by atoms with Gasteiger partial charge in [-0.3, -0.25) is 9.79 Å². The molecule has 1 aliphatic rings. The van der Waals surface area contributed by atoms with E-state index in [-0.39, 0.29) is 5.91 Å². The number of hydrogen-bond donors (Lipinski definition) is 1. The summed E-state index contributed by atoms with van der Waals surface area (Å²) < 4.78 is 4.90. The molecule has 0 fully saturated rings. The first-order valence-corrected chi connectivity index (χ1v) is 5.77. The quantitative estimate of drug-likeness (QED) is 0.698. The van der Waals surface area contributed by atoms with Gasteiger partial charge in [-0.1, -0.05) is 11.8 Å². The molecule has 0 aromatic heterocycles. The lowest BCUT2D eigenvalue weighted by Gasteiger charge is -2.03. The Bertz CT molecular complexity index is 219. The highest BCUT2D eigenvalue weighted by Crippen LogP contribution is 2.09. The molecule has 0 saturated carbocycles. The molecular formula is C9H16N2O2S. The van der Waals surface area contributed by atoms with Crippen LogP contribution in [0.25, 0.3) is 0 Å². The van der Waals surface area contributed by atoms with Crippen molar-refractivity contribution in [3.05, 3.63) is 0 Å². The number of carbonyl (C=O) groups is 1.